The molecule has 0 atom stereocenters. The monoisotopic (exact) mass is 574 g/mol. The van der Waals surface area contributed by atoms with Crippen molar-refractivity contribution in [2.45, 2.75) is 52.4 Å². The van der Waals surface area contributed by atoms with Crippen molar-refractivity contribution in [3.05, 3.63) is 91.7 Å². The molecule has 39 heavy (non-hydrogen) atoms. The SMILES string of the molecule is CCCC(=O)Nc1ccc(F)[c]([Ti]([C]2=CC=CC2)([C]2=CC=CC2)[c]2c(F)ccc(NC(=O)CCC)c2F)c1F. The van der Waals surface area contributed by atoms with E-state index < -0.39 is 59.4 Å². The van der Waals surface area contributed by atoms with Gasteiger partial charge in [-0.05, 0) is 0 Å². The molecule has 0 aromatic heterocycles. The average Bonchev–Trinajstić information content (AvgIpc) is 3.62. The Morgan fingerprint density at radius 3 is 1.46 bits per heavy atom. The molecule has 0 aliphatic heterocycles. The van der Waals surface area contributed by atoms with Crippen LogP contribution in [0.3, 0.4) is 0 Å². The molecule has 0 saturated heterocycles. The average molecular weight is 574 g/mol. The van der Waals surface area contributed by atoms with Crippen LogP contribution >= 0.6 is 0 Å². The van der Waals surface area contributed by atoms with Gasteiger partial charge in [0.2, 0.25) is 0 Å². The number of rotatable bonds is 10. The summed E-state index contributed by atoms with van der Waals surface area (Å²) >= 11 is -5.04. The Morgan fingerprint density at radius 1 is 0.718 bits per heavy atom. The van der Waals surface area contributed by atoms with Crippen molar-refractivity contribution in [1.82, 2.24) is 0 Å². The van der Waals surface area contributed by atoms with E-state index in [1.54, 1.807) is 50.3 Å². The number of halogens is 4. The van der Waals surface area contributed by atoms with Crippen LogP contribution < -0.4 is 18.4 Å². The van der Waals surface area contributed by atoms with Crippen LogP contribution in [0.2, 0.25) is 0 Å². The molecular weight excluding hydrogens is 544 g/mol. The molecule has 4 nitrogen and oxygen atoms in total. The first-order valence-corrected chi connectivity index (χ1v) is 16.2. The van der Waals surface area contributed by atoms with Gasteiger partial charge in [0, 0.05) is 0 Å². The zero-order valence-electron chi connectivity index (χ0n) is 21.8. The van der Waals surface area contributed by atoms with Crippen LogP contribution in [0.1, 0.15) is 52.4 Å². The van der Waals surface area contributed by atoms with Gasteiger partial charge in [-0.3, -0.25) is 0 Å². The van der Waals surface area contributed by atoms with Gasteiger partial charge in [-0.1, -0.05) is 0 Å². The molecular formula is C30H30F4N2O2Ti. The Labute approximate surface area is 228 Å². The van der Waals surface area contributed by atoms with E-state index >= 15 is 17.6 Å². The topological polar surface area (TPSA) is 58.2 Å². The Kier molecular flexibility index (Phi) is 9.08. The van der Waals surface area contributed by atoms with Gasteiger partial charge < -0.3 is 0 Å². The molecule has 2 amide bonds. The maximum atomic E-state index is 16.5. The van der Waals surface area contributed by atoms with Crippen LogP contribution in [0.5, 0.6) is 0 Å². The van der Waals surface area contributed by atoms with E-state index in [2.05, 4.69) is 10.6 Å². The van der Waals surface area contributed by atoms with E-state index in [-0.39, 0.29) is 37.1 Å². The van der Waals surface area contributed by atoms with Crippen molar-refractivity contribution < 1.29 is 43.7 Å². The fourth-order valence-electron chi connectivity index (χ4n) is 5.29. The standard InChI is InChI=1S/2C10H10F2NO.2C5H5.Ti/c2*1-2-3-10(14)13-9-5-4-7(11)6-8(9)12;2*1-2-4-5-3-1;/h2*4-5H,2-3H2,1H3,(H,13,14);2*1-3H,4H2;. The zero-order valence-corrected chi connectivity index (χ0v) is 23.4. The van der Waals surface area contributed by atoms with E-state index in [0.717, 1.165) is 24.3 Å². The minimum atomic E-state index is -5.04. The predicted octanol–water partition coefficient (Wildman–Crippen LogP) is 6.51. The number of nitrogens with one attached hydrogen (secondary N) is 2. The summed E-state index contributed by atoms with van der Waals surface area (Å²) in [6.07, 6.45) is 12.2. The Morgan fingerprint density at radius 2 is 1.13 bits per heavy atom. The van der Waals surface area contributed by atoms with E-state index in [0.29, 0.717) is 20.6 Å². The van der Waals surface area contributed by atoms with Crippen molar-refractivity contribution in [3.63, 3.8) is 0 Å². The number of hydrogen-bond acceptors (Lipinski definition) is 2. The van der Waals surface area contributed by atoms with Crippen LogP contribution in [0.15, 0.2) is 68.5 Å². The molecule has 9 heteroatoms. The number of hydrogen-bond donors (Lipinski definition) is 2. The summed E-state index contributed by atoms with van der Waals surface area (Å²) in [5.74, 6) is -4.87. The third-order valence-corrected chi connectivity index (χ3v) is 14.9. The van der Waals surface area contributed by atoms with Crippen molar-refractivity contribution in [1.29, 1.82) is 0 Å². The number of carbonyl (C=O) groups excluding carboxylic acids is 2. The molecule has 204 valence electrons. The summed E-state index contributed by atoms with van der Waals surface area (Å²) in [6.45, 7) is 3.59. The number of benzene rings is 2. The van der Waals surface area contributed by atoms with Crippen molar-refractivity contribution >= 4 is 30.9 Å². The summed E-state index contributed by atoms with van der Waals surface area (Å²) in [4.78, 5) is 24.7. The number of amides is 2. The summed E-state index contributed by atoms with van der Waals surface area (Å²) in [5, 5.41) is 5.00. The van der Waals surface area contributed by atoms with Crippen molar-refractivity contribution in [2.75, 3.05) is 10.6 Å². The molecule has 0 bridgehead atoms. The van der Waals surface area contributed by atoms with Gasteiger partial charge in [-0.15, -0.1) is 0 Å². The third kappa shape index (κ3) is 5.45. The van der Waals surface area contributed by atoms with Crippen LogP contribution in [-0.4, -0.2) is 11.8 Å². The van der Waals surface area contributed by atoms with Crippen LogP contribution in [0.25, 0.3) is 0 Å². The second kappa shape index (κ2) is 12.3. The molecule has 0 unspecified atom stereocenters. The quantitative estimate of drug-likeness (QED) is 0.251. The second-order valence-electron chi connectivity index (χ2n) is 9.56. The molecule has 0 saturated carbocycles. The molecule has 2 aromatic carbocycles. The Balaban J connectivity index is 2.07. The number of allylic oxidation sites excluding steroid dienone is 8. The van der Waals surface area contributed by atoms with Crippen LogP contribution in [0, 0.1) is 23.3 Å². The third-order valence-electron chi connectivity index (χ3n) is 6.94. The normalized spacial score (nSPS) is 14.4. The molecule has 0 heterocycles. The predicted molar refractivity (Wildman–Crippen MR) is 143 cm³/mol. The summed E-state index contributed by atoms with van der Waals surface area (Å²) in [6, 6.07) is 4.33. The molecule has 2 aliphatic rings. The van der Waals surface area contributed by atoms with E-state index in [1.807, 2.05) is 0 Å². The van der Waals surface area contributed by atoms with Gasteiger partial charge in [0.25, 0.3) is 0 Å². The second-order valence-corrected chi connectivity index (χ2v) is 15.5. The molecule has 4 rings (SSSR count). The van der Waals surface area contributed by atoms with Crippen LogP contribution in [0.4, 0.5) is 28.9 Å². The minimum absolute atomic E-state index is 0.131. The molecule has 0 fully saturated rings. The summed E-state index contributed by atoms with van der Waals surface area (Å²) in [5.41, 5.74) is -0.489. The molecule has 0 spiro atoms. The van der Waals surface area contributed by atoms with Gasteiger partial charge >= 0.3 is 229 Å². The summed E-state index contributed by atoms with van der Waals surface area (Å²) < 4.78 is 65.1. The molecule has 2 N–H and O–H groups in total. The van der Waals surface area contributed by atoms with E-state index in [1.165, 1.54) is 0 Å². The maximum absolute atomic E-state index is 16.5. The zero-order chi connectivity index (χ0) is 28.2. The van der Waals surface area contributed by atoms with E-state index in [4.69, 9.17) is 0 Å². The van der Waals surface area contributed by atoms with E-state index in [9.17, 15) is 9.59 Å². The van der Waals surface area contributed by atoms with Gasteiger partial charge in [0.15, 0.2) is 0 Å². The van der Waals surface area contributed by atoms with Crippen molar-refractivity contribution in [2.24, 2.45) is 0 Å². The van der Waals surface area contributed by atoms with Gasteiger partial charge in [0.1, 0.15) is 0 Å². The fraction of sp³-hybridized carbons (Fsp3) is 0.267. The molecule has 2 aromatic rings. The Bertz CT molecular complexity index is 1320. The van der Waals surface area contributed by atoms with Gasteiger partial charge in [-0.2, -0.15) is 0 Å². The molecule has 2 aliphatic carbocycles. The number of anilines is 2. The van der Waals surface area contributed by atoms with Gasteiger partial charge in [-0.25, -0.2) is 0 Å². The van der Waals surface area contributed by atoms with Crippen LogP contribution in [-0.2, 0) is 26.2 Å². The Hall–Kier alpha value is -3.23. The summed E-state index contributed by atoms with van der Waals surface area (Å²) in [7, 11) is 0. The first-order chi connectivity index (χ1) is 18.7. The molecule has 0 radical (unpaired) electrons. The van der Waals surface area contributed by atoms with Crippen molar-refractivity contribution in [3.8, 4) is 0 Å². The number of carbonyl (C=O) groups is 2. The first kappa shape index (κ1) is 28.8. The fourth-order valence-corrected chi connectivity index (χ4v) is 13.6. The van der Waals surface area contributed by atoms with Gasteiger partial charge in [0.05, 0.1) is 0 Å². The first-order valence-electron chi connectivity index (χ1n) is 13.0.